The first-order valence-electron chi connectivity index (χ1n) is 23.5. The van der Waals surface area contributed by atoms with Gasteiger partial charge >= 0.3 is 44.9 Å². The number of ketones is 1. The molecule has 75 heavy (non-hydrogen) atoms. The number of Topliss-reactive ketones (excluding diaryl/α,β-unsaturated/α-hetero) is 1. The summed E-state index contributed by atoms with van der Waals surface area (Å²) in [6, 6.07) is 22.9. The van der Waals surface area contributed by atoms with Crippen LogP contribution in [0.2, 0.25) is 0 Å². The normalized spacial score (nSPS) is 29.2. The molecule has 10 N–H and O–H groups in total. The summed E-state index contributed by atoms with van der Waals surface area (Å²) in [7, 11) is 0. The second-order valence-electron chi connectivity index (χ2n) is 19.9. The Balaban J connectivity index is 0.000000840. The predicted molar refractivity (Wildman–Crippen MR) is 254 cm³/mol. The molecule has 3 aromatic rings. The number of aliphatic hydroxyl groups is 3. The van der Waals surface area contributed by atoms with E-state index in [2.05, 4.69) is 5.32 Å². The SMILES string of the molecule is CC(=O)O[C@H]1C(=O)[C@@]2(C)[C@H]([C@H](OC(=O)c3ccccc3)[C@]3(O)C[C@H](OC(=O)[C@H](O)[C@@H](NC(=O)c4ccccc4)c4ccccc4)C(C)=C1C3(C)C)[C@]1(OC(C)=O)CO[C@@H]1C[C@@H]2O.N.N.O=C([O-])C1(C(=O)[O-])CCC1.[Pt+2]. The first-order chi connectivity index (χ1) is 33.9. The van der Waals surface area contributed by atoms with Crippen LogP contribution in [-0.4, -0.2) is 117 Å². The Bertz CT molecular complexity index is 2650. The molecule has 0 aromatic heterocycles. The smallest absolute Gasteiger partial charge is 0.549 e. The zero-order valence-corrected chi connectivity index (χ0v) is 44.5. The number of amides is 1. The molecule has 11 atom stereocenters. The van der Waals surface area contributed by atoms with Crippen molar-refractivity contribution < 1.29 is 109 Å². The molecule has 4 aliphatic carbocycles. The minimum absolute atomic E-state index is 0. The summed E-state index contributed by atoms with van der Waals surface area (Å²) < 4.78 is 30.3. The van der Waals surface area contributed by atoms with Gasteiger partial charge in [-0.05, 0) is 67.7 Å². The molecule has 5 aliphatic rings. The Kier molecular flexibility index (Phi) is 19.1. The van der Waals surface area contributed by atoms with Gasteiger partial charge in [-0.2, -0.15) is 0 Å². The average Bonchev–Trinajstić information content (AvgIpc) is 3.31. The van der Waals surface area contributed by atoms with Gasteiger partial charge in [-0.1, -0.05) is 87.0 Å². The van der Waals surface area contributed by atoms with Crippen LogP contribution in [0.25, 0.3) is 0 Å². The van der Waals surface area contributed by atoms with E-state index >= 15 is 4.79 Å². The second-order valence-corrected chi connectivity index (χ2v) is 19.9. The van der Waals surface area contributed by atoms with Crippen LogP contribution in [0.4, 0.5) is 0 Å². The summed E-state index contributed by atoms with van der Waals surface area (Å²) in [5.74, 6) is -9.87. The van der Waals surface area contributed by atoms with Crippen LogP contribution < -0.4 is 27.8 Å². The molecule has 3 saturated carbocycles. The number of hydrogen-bond acceptors (Lipinski definition) is 20. The molecule has 0 unspecified atom stereocenters. The van der Waals surface area contributed by atoms with Crippen molar-refractivity contribution in [1.29, 1.82) is 0 Å². The van der Waals surface area contributed by atoms with E-state index in [-0.39, 0.29) is 81.5 Å². The molecule has 408 valence electrons. The van der Waals surface area contributed by atoms with Crippen molar-refractivity contribution in [3.63, 3.8) is 0 Å². The maximum absolute atomic E-state index is 15.5. The number of rotatable bonds is 12. The van der Waals surface area contributed by atoms with E-state index in [4.69, 9.17) is 23.7 Å². The number of hydrogen-bond donors (Lipinski definition) is 6. The standard InChI is InChI=1S/C47H51NO14.C6H8O4.2H3N.Pt/c1-25-31(60-43(56)36(52)35(28-16-10-7-11-17-28)48-41(54)29-18-12-8-13-19-29)23-47(57)40(61-42(55)30-20-14-9-15-21-30)38-45(6,32(51)22-33-46(38,24-58-33)62-27(3)50)39(53)37(59-26(2)49)34(25)44(47,4)5;7-4(8)6(5(9)10)2-1-3-6;;;/h7-21,31-33,35-38,40,51-52,57H,22-24H2,1-6H3,(H,48,54);1-3H2,(H,7,8)(H,9,10);2*1H3;/q;;;;+2/p-2/t31-,32-,33+,35-,36+,37+,38-,40-,45+,46-,47+;;;;/m0..../s1. The van der Waals surface area contributed by atoms with E-state index in [1.165, 1.54) is 26.0 Å². The van der Waals surface area contributed by atoms with E-state index in [0.717, 1.165) is 13.8 Å². The van der Waals surface area contributed by atoms with Gasteiger partial charge in [0.15, 0.2) is 23.6 Å². The fourth-order valence-electron chi connectivity index (χ4n) is 11.2. The van der Waals surface area contributed by atoms with Gasteiger partial charge < -0.3 is 76.4 Å². The molecule has 0 spiro atoms. The largest absolute Gasteiger partial charge is 2.00 e. The number of ether oxygens (including phenoxy) is 5. The molecule has 21 nitrogen and oxygen atoms in total. The van der Waals surface area contributed by atoms with Gasteiger partial charge in [-0.3, -0.25) is 19.2 Å². The fourth-order valence-corrected chi connectivity index (χ4v) is 11.2. The summed E-state index contributed by atoms with van der Waals surface area (Å²) in [4.78, 5) is 104. The zero-order chi connectivity index (χ0) is 52.7. The Morgan fingerprint density at radius 1 is 0.787 bits per heavy atom. The minimum atomic E-state index is -2.39. The van der Waals surface area contributed by atoms with Gasteiger partial charge in [0.25, 0.3) is 5.91 Å². The summed E-state index contributed by atoms with van der Waals surface area (Å²) in [6.07, 6.45) is -9.58. The minimum Gasteiger partial charge on any atom is -0.549 e. The van der Waals surface area contributed by atoms with Crippen LogP contribution in [0.3, 0.4) is 0 Å². The van der Waals surface area contributed by atoms with Crippen LogP contribution in [-0.2, 0) is 73.5 Å². The molecule has 8 rings (SSSR count). The van der Waals surface area contributed by atoms with E-state index in [9.17, 15) is 59.1 Å². The third-order valence-corrected chi connectivity index (χ3v) is 15.5. The van der Waals surface area contributed by atoms with Crippen LogP contribution >= 0.6 is 0 Å². The quantitative estimate of drug-likeness (QED) is 0.0650. The molecule has 1 saturated heterocycles. The average molecular weight is 1230 g/mol. The number of carboxylic acid groups (broad SMARTS) is 2. The number of benzene rings is 3. The molecule has 1 aliphatic heterocycles. The van der Waals surface area contributed by atoms with Gasteiger partial charge in [0.1, 0.15) is 23.9 Å². The number of carboxylic acids is 2. The second kappa shape index (κ2) is 23.4. The number of aliphatic hydroxyl groups excluding tert-OH is 2. The molecule has 1 amide bonds. The summed E-state index contributed by atoms with van der Waals surface area (Å²) in [5.41, 5.74) is -8.69. The molecular weight excluding hydrogens is 1160 g/mol. The van der Waals surface area contributed by atoms with Crippen molar-refractivity contribution in [2.45, 2.75) is 128 Å². The molecule has 4 fully saturated rings. The number of fused-ring (bicyclic) bond motifs is 5. The van der Waals surface area contributed by atoms with Gasteiger partial charge in [0.2, 0.25) is 0 Å². The first-order valence-corrected chi connectivity index (χ1v) is 23.5. The maximum Gasteiger partial charge on any atom is 2.00 e. The third-order valence-electron chi connectivity index (χ3n) is 15.5. The molecule has 2 bridgehead atoms. The molecule has 22 heteroatoms. The van der Waals surface area contributed by atoms with Crippen molar-refractivity contribution in [2.75, 3.05) is 6.61 Å². The van der Waals surface area contributed by atoms with Crippen LogP contribution in [0, 0.1) is 22.2 Å². The monoisotopic (exact) mass is 1220 g/mol. The van der Waals surface area contributed by atoms with Crippen LogP contribution in [0.1, 0.15) is 106 Å². The number of carbonyl (C=O) groups is 8. The molecular formula is C53H63N3O18Pt. The Labute approximate surface area is 447 Å². The Hall–Kier alpha value is -6.19. The summed E-state index contributed by atoms with van der Waals surface area (Å²) >= 11 is 0. The van der Waals surface area contributed by atoms with E-state index in [0.29, 0.717) is 12.0 Å². The number of aliphatic carboxylic acids is 2. The predicted octanol–water partition coefficient (Wildman–Crippen LogP) is 1.71. The maximum atomic E-state index is 15.5. The van der Waals surface area contributed by atoms with E-state index in [1.54, 1.807) is 92.7 Å². The van der Waals surface area contributed by atoms with Crippen molar-refractivity contribution >= 4 is 47.5 Å². The van der Waals surface area contributed by atoms with E-state index in [1.807, 2.05) is 0 Å². The van der Waals surface area contributed by atoms with Gasteiger partial charge in [-0.25, -0.2) is 9.59 Å². The number of carbonyl (C=O) groups excluding carboxylic acids is 8. The molecule has 1 heterocycles. The Morgan fingerprint density at radius 3 is 1.77 bits per heavy atom. The Morgan fingerprint density at radius 2 is 1.32 bits per heavy atom. The van der Waals surface area contributed by atoms with Gasteiger partial charge in [0, 0.05) is 43.1 Å². The van der Waals surface area contributed by atoms with Crippen LogP contribution in [0.15, 0.2) is 102 Å². The van der Waals surface area contributed by atoms with Crippen molar-refractivity contribution in [2.24, 2.45) is 22.2 Å². The summed E-state index contributed by atoms with van der Waals surface area (Å²) in [6.45, 7) is 7.97. The van der Waals surface area contributed by atoms with Crippen molar-refractivity contribution in [3.05, 3.63) is 119 Å². The number of nitrogens with one attached hydrogen (secondary N) is 1. The van der Waals surface area contributed by atoms with E-state index < -0.39 is 130 Å². The number of esters is 4. The van der Waals surface area contributed by atoms with Gasteiger partial charge in [-0.15, -0.1) is 0 Å². The van der Waals surface area contributed by atoms with Crippen molar-refractivity contribution in [1.82, 2.24) is 17.6 Å². The zero-order valence-electron chi connectivity index (χ0n) is 42.2. The topological polar surface area (TPSA) is 372 Å². The third kappa shape index (κ3) is 10.8. The van der Waals surface area contributed by atoms with Crippen molar-refractivity contribution in [3.8, 4) is 0 Å². The fraction of sp³-hybridized carbons (Fsp3) is 0.472. The van der Waals surface area contributed by atoms with Crippen LogP contribution in [0.5, 0.6) is 0 Å². The van der Waals surface area contributed by atoms with Gasteiger partial charge in [0.05, 0.1) is 47.6 Å². The molecule has 0 radical (unpaired) electrons. The summed E-state index contributed by atoms with van der Waals surface area (Å²) in [5, 5.41) is 60.7. The molecule has 3 aromatic carbocycles. The first kappa shape index (κ1) is 61.4.